The van der Waals surface area contributed by atoms with Crippen LogP contribution in [0.5, 0.6) is 5.75 Å². The van der Waals surface area contributed by atoms with Gasteiger partial charge in [0.15, 0.2) is 6.61 Å². The quantitative estimate of drug-likeness (QED) is 0.787. The van der Waals surface area contributed by atoms with Gasteiger partial charge >= 0.3 is 0 Å². The fraction of sp³-hybridized carbons (Fsp3) is 0.421. The average molecular weight is 379 g/mol. The second kappa shape index (κ2) is 9.22. The van der Waals surface area contributed by atoms with E-state index in [0.717, 1.165) is 13.1 Å². The number of amides is 1. The molecule has 0 radical (unpaired) electrons. The Bertz CT molecular complexity index is 672. The van der Waals surface area contributed by atoms with Gasteiger partial charge in [-0.05, 0) is 66.5 Å². The van der Waals surface area contributed by atoms with Crippen molar-refractivity contribution in [1.29, 1.82) is 0 Å². The number of carbonyl (C=O) groups excluding carboxylic acids is 1. The number of hydrogen-bond donors (Lipinski definition) is 1. The molecule has 1 fully saturated rings. The molecule has 0 spiro atoms. The van der Waals surface area contributed by atoms with Gasteiger partial charge in [-0.25, -0.2) is 0 Å². The van der Waals surface area contributed by atoms with E-state index >= 15 is 0 Å². The molecule has 2 heterocycles. The highest BCUT2D eigenvalue weighted by Gasteiger charge is 2.23. The van der Waals surface area contributed by atoms with Gasteiger partial charge in [0.25, 0.3) is 5.91 Å². The first kappa shape index (κ1) is 18.2. The van der Waals surface area contributed by atoms with Crippen LogP contribution in [0.4, 0.5) is 0 Å². The maximum absolute atomic E-state index is 12.2. The molecule has 1 unspecified atom stereocenters. The van der Waals surface area contributed by atoms with Crippen molar-refractivity contribution in [2.75, 3.05) is 26.2 Å². The predicted octanol–water partition coefficient (Wildman–Crippen LogP) is 4.12. The van der Waals surface area contributed by atoms with Crippen LogP contribution >= 0.6 is 22.9 Å². The maximum Gasteiger partial charge on any atom is 0.258 e. The zero-order valence-corrected chi connectivity index (χ0v) is 15.7. The molecule has 6 heteroatoms. The zero-order valence-electron chi connectivity index (χ0n) is 14.1. The van der Waals surface area contributed by atoms with Crippen molar-refractivity contribution >= 4 is 28.8 Å². The van der Waals surface area contributed by atoms with Crippen LogP contribution in [0.15, 0.2) is 41.1 Å². The SMILES string of the molecule is O=C(COc1cccc(Cl)c1)NCC(c1ccsc1)N1CCCCC1. The van der Waals surface area contributed by atoms with E-state index in [9.17, 15) is 4.79 Å². The van der Waals surface area contributed by atoms with E-state index in [2.05, 4.69) is 27.0 Å². The number of rotatable bonds is 7. The highest BCUT2D eigenvalue weighted by atomic mass is 35.5. The van der Waals surface area contributed by atoms with Gasteiger partial charge < -0.3 is 10.1 Å². The van der Waals surface area contributed by atoms with E-state index in [1.54, 1.807) is 35.6 Å². The Morgan fingerprint density at radius 2 is 2.12 bits per heavy atom. The monoisotopic (exact) mass is 378 g/mol. The average Bonchev–Trinajstić information content (AvgIpc) is 3.15. The number of halogens is 1. The summed E-state index contributed by atoms with van der Waals surface area (Å²) in [5.74, 6) is 0.491. The first-order valence-electron chi connectivity index (χ1n) is 8.63. The summed E-state index contributed by atoms with van der Waals surface area (Å²) in [6, 6.07) is 9.47. The Hall–Kier alpha value is -1.56. The Morgan fingerprint density at radius 1 is 1.28 bits per heavy atom. The van der Waals surface area contributed by atoms with Gasteiger partial charge in [0.05, 0.1) is 6.04 Å². The molecule has 1 N–H and O–H groups in total. The molecule has 134 valence electrons. The second-order valence-electron chi connectivity index (χ2n) is 6.22. The number of ether oxygens (including phenoxy) is 1. The number of thiophene rings is 1. The second-order valence-corrected chi connectivity index (χ2v) is 7.44. The summed E-state index contributed by atoms with van der Waals surface area (Å²) in [6.07, 6.45) is 3.76. The fourth-order valence-electron chi connectivity index (χ4n) is 3.12. The zero-order chi connectivity index (χ0) is 17.5. The van der Waals surface area contributed by atoms with Crippen molar-refractivity contribution in [3.8, 4) is 5.75 Å². The molecule has 1 aliphatic heterocycles. The van der Waals surface area contributed by atoms with Crippen molar-refractivity contribution in [2.24, 2.45) is 0 Å². The molecular weight excluding hydrogens is 356 g/mol. The van der Waals surface area contributed by atoms with Crippen LogP contribution in [-0.2, 0) is 4.79 Å². The van der Waals surface area contributed by atoms with Crippen molar-refractivity contribution in [2.45, 2.75) is 25.3 Å². The van der Waals surface area contributed by atoms with E-state index in [4.69, 9.17) is 16.3 Å². The summed E-state index contributed by atoms with van der Waals surface area (Å²) in [6.45, 7) is 2.79. The van der Waals surface area contributed by atoms with Crippen LogP contribution in [-0.4, -0.2) is 37.0 Å². The van der Waals surface area contributed by atoms with Crippen LogP contribution in [0.3, 0.4) is 0 Å². The van der Waals surface area contributed by atoms with Gasteiger partial charge in [0.1, 0.15) is 5.75 Å². The number of piperidine rings is 1. The standard InChI is InChI=1S/C19H23ClN2O2S/c20-16-5-4-6-17(11-16)24-13-19(23)21-12-18(15-7-10-25-14-15)22-8-2-1-3-9-22/h4-7,10-11,14,18H,1-3,8-9,12-13H2,(H,21,23). The number of hydrogen-bond acceptors (Lipinski definition) is 4. The van der Waals surface area contributed by atoms with Crippen LogP contribution in [0, 0.1) is 0 Å². The Morgan fingerprint density at radius 3 is 2.84 bits per heavy atom. The van der Waals surface area contributed by atoms with Crippen LogP contribution in [0.1, 0.15) is 30.9 Å². The molecule has 1 aromatic carbocycles. The number of nitrogens with one attached hydrogen (secondary N) is 1. The first-order chi connectivity index (χ1) is 12.2. The summed E-state index contributed by atoms with van der Waals surface area (Å²) in [5, 5.41) is 7.89. The lowest BCUT2D eigenvalue weighted by molar-refractivity contribution is -0.123. The predicted molar refractivity (Wildman–Crippen MR) is 102 cm³/mol. The molecule has 3 rings (SSSR count). The molecule has 1 saturated heterocycles. The van der Waals surface area contributed by atoms with Crippen molar-refractivity contribution in [3.63, 3.8) is 0 Å². The van der Waals surface area contributed by atoms with E-state index in [1.807, 2.05) is 0 Å². The summed E-state index contributed by atoms with van der Waals surface area (Å²) < 4.78 is 5.51. The molecule has 1 amide bonds. The first-order valence-corrected chi connectivity index (χ1v) is 9.95. The van der Waals surface area contributed by atoms with E-state index in [1.165, 1.54) is 24.8 Å². The molecule has 0 bridgehead atoms. The third-order valence-electron chi connectivity index (χ3n) is 4.42. The van der Waals surface area contributed by atoms with Crippen LogP contribution in [0.25, 0.3) is 0 Å². The minimum Gasteiger partial charge on any atom is -0.484 e. The summed E-state index contributed by atoms with van der Waals surface area (Å²) in [7, 11) is 0. The van der Waals surface area contributed by atoms with E-state index < -0.39 is 0 Å². The smallest absolute Gasteiger partial charge is 0.258 e. The topological polar surface area (TPSA) is 41.6 Å². The van der Waals surface area contributed by atoms with Gasteiger partial charge in [-0.2, -0.15) is 11.3 Å². The van der Waals surface area contributed by atoms with Crippen LogP contribution in [0.2, 0.25) is 5.02 Å². The fourth-order valence-corrected chi connectivity index (χ4v) is 4.01. The summed E-state index contributed by atoms with van der Waals surface area (Å²) in [5.41, 5.74) is 1.28. The van der Waals surface area contributed by atoms with Gasteiger partial charge in [0, 0.05) is 11.6 Å². The molecule has 2 aromatic rings. The lowest BCUT2D eigenvalue weighted by Crippen LogP contribution is -2.41. The molecule has 1 aromatic heterocycles. The molecular formula is C19H23ClN2O2S. The van der Waals surface area contributed by atoms with Gasteiger partial charge in [0.2, 0.25) is 0 Å². The minimum atomic E-state index is -0.114. The van der Waals surface area contributed by atoms with Gasteiger partial charge in [-0.15, -0.1) is 0 Å². The maximum atomic E-state index is 12.2. The molecule has 1 aliphatic rings. The minimum absolute atomic E-state index is 0.00327. The number of carbonyl (C=O) groups is 1. The third kappa shape index (κ3) is 5.46. The Balaban J connectivity index is 1.52. The highest BCUT2D eigenvalue weighted by Crippen LogP contribution is 2.25. The summed E-state index contributed by atoms with van der Waals surface area (Å²) in [4.78, 5) is 14.6. The van der Waals surface area contributed by atoms with Gasteiger partial charge in [-0.3, -0.25) is 9.69 Å². The van der Waals surface area contributed by atoms with Crippen molar-refractivity contribution < 1.29 is 9.53 Å². The number of likely N-dealkylation sites (tertiary alicyclic amines) is 1. The lowest BCUT2D eigenvalue weighted by atomic mass is 10.0. The molecule has 0 saturated carbocycles. The molecule has 1 atom stereocenters. The highest BCUT2D eigenvalue weighted by molar-refractivity contribution is 7.07. The van der Waals surface area contributed by atoms with E-state index in [0.29, 0.717) is 17.3 Å². The molecule has 0 aliphatic carbocycles. The Labute approximate surface area is 157 Å². The van der Waals surface area contributed by atoms with Crippen molar-refractivity contribution in [3.05, 3.63) is 51.7 Å². The van der Waals surface area contributed by atoms with Crippen LogP contribution < -0.4 is 10.1 Å². The van der Waals surface area contributed by atoms with Crippen molar-refractivity contribution in [1.82, 2.24) is 10.2 Å². The third-order valence-corrected chi connectivity index (χ3v) is 5.35. The van der Waals surface area contributed by atoms with Gasteiger partial charge in [-0.1, -0.05) is 24.1 Å². The normalized spacial score (nSPS) is 16.4. The number of nitrogens with zero attached hydrogens (tertiary/aromatic N) is 1. The van der Waals surface area contributed by atoms with E-state index in [-0.39, 0.29) is 18.6 Å². The Kier molecular flexibility index (Phi) is 6.73. The largest absolute Gasteiger partial charge is 0.484 e. The molecule has 25 heavy (non-hydrogen) atoms. The lowest BCUT2D eigenvalue weighted by Gasteiger charge is -2.34. The number of benzene rings is 1. The molecule has 4 nitrogen and oxygen atoms in total. The summed E-state index contributed by atoms with van der Waals surface area (Å²) >= 11 is 7.62.